The van der Waals surface area contributed by atoms with E-state index in [2.05, 4.69) is 24.8 Å². The lowest BCUT2D eigenvalue weighted by Gasteiger charge is -2.26. The van der Waals surface area contributed by atoms with Gasteiger partial charge in [0.1, 0.15) is 0 Å². The molecule has 3 heteroatoms. The van der Waals surface area contributed by atoms with E-state index >= 15 is 0 Å². The summed E-state index contributed by atoms with van der Waals surface area (Å²) >= 11 is 0. The van der Waals surface area contributed by atoms with Crippen LogP contribution in [-0.4, -0.2) is 0 Å². The molecule has 2 aliphatic carbocycles. The van der Waals surface area contributed by atoms with Crippen LogP contribution in [0.1, 0.15) is 95.5 Å². The van der Waals surface area contributed by atoms with E-state index in [4.69, 9.17) is 0 Å². The number of allylic oxidation sites excluding steroid dienone is 2. The number of halogens is 3. The largest absolute Gasteiger partial charge is 0.204 e. The van der Waals surface area contributed by atoms with Crippen LogP contribution in [0.3, 0.4) is 0 Å². The first kappa shape index (κ1) is 23.0. The second kappa shape index (κ2) is 11.6. The Hall–Kier alpha value is -1.69. The first-order chi connectivity index (χ1) is 14.6. The van der Waals surface area contributed by atoms with Gasteiger partial charge in [0, 0.05) is 5.92 Å². The summed E-state index contributed by atoms with van der Waals surface area (Å²) in [6.07, 6.45) is 18.7. The van der Waals surface area contributed by atoms with Gasteiger partial charge in [-0.25, -0.2) is 13.2 Å². The predicted molar refractivity (Wildman–Crippen MR) is 118 cm³/mol. The molecule has 2 saturated carbocycles. The topological polar surface area (TPSA) is 0 Å². The van der Waals surface area contributed by atoms with E-state index in [1.165, 1.54) is 51.4 Å². The van der Waals surface area contributed by atoms with Crippen molar-refractivity contribution in [1.29, 1.82) is 0 Å². The van der Waals surface area contributed by atoms with Crippen LogP contribution < -0.4 is 0 Å². The second-order valence-corrected chi connectivity index (χ2v) is 9.27. The fraction of sp³-hybridized carbons (Fsp3) is 0.630. The van der Waals surface area contributed by atoms with E-state index in [1.54, 1.807) is 0 Å². The Labute approximate surface area is 180 Å². The van der Waals surface area contributed by atoms with Crippen molar-refractivity contribution in [2.75, 3.05) is 0 Å². The molecule has 0 aliphatic heterocycles. The van der Waals surface area contributed by atoms with Gasteiger partial charge < -0.3 is 0 Å². The van der Waals surface area contributed by atoms with Crippen molar-refractivity contribution in [3.63, 3.8) is 0 Å². The van der Waals surface area contributed by atoms with Gasteiger partial charge in [-0.15, -0.1) is 0 Å². The Bertz CT molecular complexity index is 731. The third kappa shape index (κ3) is 6.66. The predicted octanol–water partition coefficient (Wildman–Crippen LogP) is 8.32. The minimum atomic E-state index is -1.38. The fourth-order valence-electron chi connectivity index (χ4n) is 5.08. The molecule has 3 rings (SSSR count). The van der Waals surface area contributed by atoms with Gasteiger partial charge in [0.25, 0.3) is 0 Å². The molecule has 0 amide bonds. The molecular weight excluding hydrogens is 381 g/mol. The third-order valence-electron chi connectivity index (χ3n) is 7.05. The standard InChI is InChI=1S/C27H35F3/c1-2-3-4-7-20-10-12-21(13-11-20)8-5-6-9-22-14-16-23(17-15-22)24-18-25(28)27(30)26(29)19-24/h5,8,18-23H,2-4,7,10-17H2,1H3/t20-,21-,22-,23-. The molecule has 0 nitrogen and oxygen atoms in total. The van der Waals surface area contributed by atoms with E-state index in [1.807, 2.05) is 6.08 Å². The molecule has 30 heavy (non-hydrogen) atoms. The quantitative estimate of drug-likeness (QED) is 0.248. The maximum Gasteiger partial charge on any atom is 0.194 e. The molecule has 0 N–H and O–H groups in total. The summed E-state index contributed by atoms with van der Waals surface area (Å²) < 4.78 is 40.1. The smallest absolute Gasteiger partial charge is 0.194 e. The van der Waals surface area contributed by atoms with Crippen molar-refractivity contribution in [2.45, 2.75) is 89.9 Å². The van der Waals surface area contributed by atoms with Crippen molar-refractivity contribution >= 4 is 0 Å². The molecule has 0 aromatic heterocycles. The summed E-state index contributed by atoms with van der Waals surface area (Å²) in [7, 11) is 0. The molecule has 0 bridgehead atoms. The molecule has 0 saturated heterocycles. The Morgan fingerprint density at radius 2 is 1.57 bits per heavy atom. The van der Waals surface area contributed by atoms with Crippen LogP contribution in [0.25, 0.3) is 0 Å². The highest BCUT2D eigenvalue weighted by molar-refractivity contribution is 5.25. The lowest BCUT2D eigenvalue weighted by atomic mass is 9.79. The summed E-state index contributed by atoms with van der Waals surface area (Å²) in [4.78, 5) is 0. The SMILES string of the molecule is CCCCC[C@H]1CC[C@H](C=CC#C[C@H]2CC[C@H](c3cc(F)c(F)c(F)c3)CC2)CC1. The number of unbranched alkanes of at least 4 members (excludes halogenated alkanes) is 2. The van der Waals surface area contributed by atoms with Gasteiger partial charge in [0.2, 0.25) is 0 Å². The zero-order chi connectivity index (χ0) is 21.3. The van der Waals surface area contributed by atoms with Crippen molar-refractivity contribution < 1.29 is 13.2 Å². The van der Waals surface area contributed by atoms with Crippen LogP contribution in [0.2, 0.25) is 0 Å². The minimum absolute atomic E-state index is 0.0932. The van der Waals surface area contributed by atoms with Gasteiger partial charge in [-0.1, -0.05) is 50.5 Å². The molecule has 0 atom stereocenters. The highest BCUT2D eigenvalue weighted by atomic mass is 19.2. The summed E-state index contributed by atoms with van der Waals surface area (Å²) in [6.45, 7) is 2.27. The Balaban J connectivity index is 1.39. The first-order valence-corrected chi connectivity index (χ1v) is 11.9. The highest BCUT2D eigenvalue weighted by Crippen LogP contribution is 2.36. The monoisotopic (exact) mass is 416 g/mol. The molecule has 1 aromatic rings. The van der Waals surface area contributed by atoms with Crippen LogP contribution in [0.5, 0.6) is 0 Å². The lowest BCUT2D eigenvalue weighted by molar-refractivity contribution is 0.289. The summed E-state index contributed by atoms with van der Waals surface area (Å²) in [5.74, 6) is 5.09. The van der Waals surface area contributed by atoms with Crippen molar-refractivity contribution in [2.24, 2.45) is 17.8 Å². The fourth-order valence-corrected chi connectivity index (χ4v) is 5.08. The molecule has 2 aliphatic rings. The Morgan fingerprint density at radius 1 is 0.900 bits per heavy atom. The molecule has 164 valence electrons. The molecule has 1 aromatic carbocycles. The van der Waals surface area contributed by atoms with E-state index < -0.39 is 17.5 Å². The number of rotatable bonds is 6. The van der Waals surface area contributed by atoms with Crippen LogP contribution in [-0.2, 0) is 0 Å². The van der Waals surface area contributed by atoms with Gasteiger partial charge in [0.05, 0.1) is 0 Å². The number of hydrogen-bond acceptors (Lipinski definition) is 0. The molecular formula is C27H35F3. The van der Waals surface area contributed by atoms with Gasteiger partial charge in [-0.2, -0.15) is 0 Å². The molecule has 0 spiro atoms. The zero-order valence-corrected chi connectivity index (χ0v) is 18.2. The normalized spacial score (nSPS) is 27.1. The molecule has 0 radical (unpaired) electrons. The van der Waals surface area contributed by atoms with Crippen LogP contribution in [0, 0.1) is 47.0 Å². The van der Waals surface area contributed by atoms with Crippen molar-refractivity contribution in [3.8, 4) is 11.8 Å². The summed E-state index contributed by atoms with van der Waals surface area (Å²) in [6, 6.07) is 2.30. The second-order valence-electron chi connectivity index (χ2n) is 9.27. The van der Waals surface area contributed by atoms with E-state index in [9.17, 15) is 13.2 Å². The Morgan fingerprint density at radius 3 is 2.20 bits per heavy atom. The minimum Gasteiger partial charge on any atom is -0.204 e. The zero-order valence-electron chi connectivity index (χ0n) is 18.2. The molecule has 0 heterocycles. The highest BCUT2D eigenvalue weighted by Gasteiger charge is 2.23. The third-order valence-corrected chi connectivity index (χ3v) is 7.05. The maximum atomic E-state index is 13.5. The molecule has 0 unspecified atom stereocenters. The Kier molecular flexibility index (Phi) is 8.91. The lowest BCUT2D eigenvalue weighted by Crippen LogP contribution is -2.13. The van der Waals surface area contributed by atoms with Gasteiger partial charge >= 0.3 is 0 Å². The average Bonchev–Trinajstić information content (AvgIpc) is 2.76. The maximum absolute atomic E-state index is 13.5. The summed E-state index contributed by atoms with van der Waals surface area (Å²) in [5, 5.41) is 0. The van der Waals surface area contributed by atoms with Crippen LogP contribution >= 0.6 is 0 Å². The van der Waals surface area contributed by atoms with Crippen LogP contribution in [0.15, 0.2) is 24.3 Å². The van der Waals surface area contributed by atoms with Gasteiger partial charge in [-0.3, -0.25) is 0 Å². The number of benzene rings is 1. The van der Waals surface area contributed by atoms with E-state index in [0.717, 1.165) is 43.7 Å². The van der Waals surface area contributed by atoms with Gasteiger partial charge in [-0.05, 0) is 92.9 Å². The van der Waals surface area contributed by atoms with E-state index in [-0.39, 0.29) is 5.92 Å². The summed E-state index contributed by atoms with van der Waals surface area (Å²) in [5.41, 5.74) is 0.572. The average molecular weight is 417 g/mol. The van der Waals surface area contributed by atoms with E-state index in [0.29, 0.717) is 17.4 Å². The van der Waals surface area contributed by atoms with Crippen molar-refractivity contribution in [3.05, 3.63) is 47.3 Å². The number of hydrogen-bond donors (Lipinski definition) is 0. The molecule has 2 fully saturated rings. The van der Waals surface area contributed by atoms with Crippen LogP contribution in [0.4, 0.5) is 13.2 Å². The van der Waals surface area contributed by atoms with Crippen molar-refractivity contribution in [1.82, 2.24) is 0 Å². The first-order valence-electron chi connectivity index (χ1n) is 11.9. The van der Waals surface area contributed by atoms with Gasteiger partial charge in [0.15, 0.2) is 17.5 Å².